The van der Waals surface area contributed by atoms with Gasteiger partial charge < -0.3 is 15.5 Å². The van der Waals surface area contributed by atoms with Crippen LogP contribution in [0.25, 0.3) is 0 Å². The van der Waals surface area contributed by atoms with Gasteiger partial charge in [0.15, 0.2) is 0 Å². The van der Waals surface area contributed by atoms with Crippen molar-refractivity contribution in [2.45, 2.75) is 37.8 Å². The molecule has 3 rings (SSSR count). The zero-order valence-corrected chi connectivity index (χ0v) is 12.4. The zero-order valence-electron chi connectivity index (χ0n) is 11.6. The van der Waals surface area contributed by atoms with E-state index in [1.807, 2.05) is 12.1 Å². The number of urea groups is 1. The van der Waals surface area contributed by atoms with E-state index >= 15 is 0 Å². The highest BCUT2D eigenvalue weighted by atomic mass is 35.5. The molecule has 2 atom stereocenters. The quantitative estimate of drug-likeness (QED) is 0.838. The Hall–Kier alpha value is -1.75. The lowest BCUT2D eigenvalue weighted by Gasteiger charge is -2.43. The molecule has 0 aromatic heterocycles. The Morgan fingerprint density at radius 1 is 1.29 bits per heavy atom. The predicted molar refractivity (Wildman–Crippen MR) is 81.4 cm³/mol. The minimum absolute atomic E-state index is 0.0806. The largest absolute Gasteiger partial charge is 0.350 e. The normalized spacial score (nSPS) is 25.0. The highest BCUT2D eigenvalue weighted by Gasteiger charge is 2.38. The Kier molecular flexibility index (Phi) is 4.01. The van der Waals surface area contributed by atoms with E-state index in [9.17, 15) is 9.59 Å². The average Bonchev–Trinajstić information content (AvgIpc) is 2.48. The molecule has 1 heterocycles. The first-order chi connectivity index (χ1) is 10.1. The standard InChI is InChI=1S/C15H18ClN3O2/c16-10-5-1-2-6-11(10)18-15(21)19-9-14(20)17-12-7-3-4-8-13(12)19/h1-2,5-6,12-13H,3-4,7-9H2,(H,17,20)(H,18,21)/t12-,13+/m1/s1. The van der Waals surface area contributed by atoms with E-state index in [-0.39, 0.29) is 30.6 Å². The topological polar surface area (TPSA) is 61.4 Å². The summed E-state index contributed by atoms with van der Waals surface area (Å²) >= 11 is 6.06. The van der Waals surface area contributed by atoms with Crippen molar-refractivity contribution >= 4 is 29.2 Å². The minimum Gasteiger partial charge on any atom is -0.350 e. The average molecular weight is 308 g/mol. The van der Waals surface area contributed by atoms with Crippen LogP contribution in [-0.2, 0) is 4.79 Å². The number of carbonyl (C=O) groups excluding carboxylic acids is 2. The number of nitrogens with one attached hydrogen (secondary N) is 2. The number of carbonyl (C=O) groups is 2. The Labute approximate surface area is 128 Å². The van der Waals surface area contributed by atoms with Gasteiger partial charge in [0, 0.05) is 6.04 Å². The Bertz CT molecular complexity index is 564. The molecule has 6 heteroatoms. The molecule has 1 saturated heterocycles. The van der Waals surface area contributed by atoms with Crippen LogP contribution >= 0.6 is 11.6 Å². The third-order valence-electron chi connectivity index (χ3n) is 4.17. The molecule has 21 heavy (non-hydrogen) atoms. The van der Waals surface area contributed by atoms with E-state index in [1.54, 1.807) is 17.0 Å². The molecule has 1 aliphatic heterocycles. The summed E-state index contributed by atoms with van der Waals surface area (Å²) in [5, 5.41) is 6.29. The molecule has 0 bridgehead atoms. The summed E-state index contributed by atoms with van der Waals surface area (Å²) in [5.74, 6) is -0.0903. The molecule has 1 aromatic carbocycles. The second-order valence-electron chi connectivity index (χ2n) is 5.56. The number of hydrogen-bond donors (Lipinski definition) is 2. The van der Waals surface area contributed by atoms with Crippen LogP contribution in [0.2, 0.25) is 5.02 Å². The van der Waals surface area contributed by atoms with Crippen LogP contribution in [-0.4, -0.2) is 35.5 Å². The molecule has 1 saturated carbocycles. The molecule has 2 aliphatic rings. The van der Waals surface area contributed by atoms with E-state index in [4.69, 9.17) is 11.6 Å². The van der Waals surface area contributed by atoms with E-state index in [1.165, 1.54) is 0 Å². The fraction of sp³-hybridized carbons (Fsp3) is 0.467. The molecule has 5 nitrogen and oxygen atoms in total. The second kappa shape index (κ2) is 5.93. The number of halogens is 1. The fourth-order valence-electron chi connectivity index (χ4n) is 3.15. The lowest BCUT2D eigenvalue weighted by molar-refractivity contribution is -0.126. The van der Waals surface area contributed by atoms with Crippen molar-refractivity contribution in [3.05, 3.63) is 29.3 Å². The van der Waals surface area contributed by atoms with Gasteiger partial charge >= 0.3 is 6.03 Å². The first-order valence-corrected chi connectivity index (χ1v) is 7.64. The molecule has 0 spiro atoms. The van der Waals surface area contributed by atoms with E-state index in [0.717, 1.165) is 25.7 Å². The van der Waals surface area contributed by atoms with Crippen molar-refractivity contribution in [2.75, 3.05) is 11.9 Å². The van der Waals surface area contributed by atoms with Crippen molar-refractivity contribution in [3.63, 3.8) is 0 Å². The highest BCUT2D eigenvalue weighted by molar-refractivity contribution is 6.33. The number of anilines is 1. The van der Waals surface area contributed by atoms with Gasteiger partial charge in [-0.15, -0.1) is 0 Å². The number of rotatable bonds is 1. The third kappa shape index (κ3) is 2.97. The number of fused-ring (bicyclic) bond motifs is 1. The SMILES string of the molecule is O=C1CN(C(=O)Nc2ccccc2Cl)[C@H]2CCCC[C@H]2N1. The predicted octanol–water partition coefficient (Wildman–Crippen LogP) is 2.61. The molecule has 1 aromatic rings. The summed E-state index contributed by atoms with van der Waals surface area (Å²) in [7, 11) is 0. The van der Waals surface area contributed by atoms with Crippen molar-refractivity contribution in [3.8, 4) is 0 Å². The molecule has 2 N–H and O–H groups in total. The lowest BCUT2D eigenvalue weighted by atomic mass is 9.87. The van der Waals surface area contributed by atoms with Crippen LogP contribution in [0.1, 0.15) is 25.7 Å². The van der Waals surface area contributed by atoms with Crippen molar-refractivity contribution in [2.24, 2.45) is 0 Å². The number of benzene rings is 1. The van der Waals surface area contributed by atoms with Crippen LogP contribution in [0.5, 0.6) is 0 Å². The van der Waals surface area contributed by atoms with Gasteiger partial charge in [-0.3, -0.25) is 4.79 Å². The summed E-state index contributed by atoms with van der Waals surface area (Å²) in [6.07, 6.45) is 4.06. The summed E-state index contributed by atoms with van der Waals surface area (Å²) in [6.45, 7) is 0.109. The van der Waals surface area contributed by atoms with Crippen LogP contribution in [0.4, 0.5) is 10.5 Å². The van der Waals surface area contributed by atoms with Gasteiger partial charge in [0.2, 0.25) is 5.91 Å². The lowest BCUT2D eigenvalue weighted by Crippen LogP contribution is -2.63. The van der Waals surface area contributed by atoms with E-state index < -0.39 is 0 Å². The maximum absolute atomic E-state index is 12.5. The van der Waals surface area contributed by atoms with E-state index in [2.05, 4.69) is 10.6 Å². The van der Waals surface area contributed by atoms with Gasteiger partial charge in [0.1, 0.15) is 6.54 Å². The van der Waals surface area contributed by atoms with Crippen LogP contribution in [0, 0.1) is 0 Å². The van der Waals surface area contributed by atoms with Crippen LogP contribution in [0.3, 0.4) is 0 Å². The Balaban J connectivity index is 1.76. The van der Waals surface area contributed by atoms with Gasteiger partial charge in [-0.2, -0.15) is 0 Å². The zero-order chi connectivity index (χ0) is 14.8. The van der Waals surface area contributed by atoms with Crippen LogP contribution in [0.15, 0.2) is 24.3 Å². The summed E-state index contributed by atoms with van der Waals surface area (Å²) in [4.78, 5) is 25.9. The smallest absolute Gasteiger partial charge is 0.322 e. The number of nitrogens with zero attached hydrogens (tertiary/aromatic N) is 1. The summed E-state index contributed by atoms with van der Waals surface area (Å²) in [5.41, 5.74) is 0.572. The van der Waals surface area contributed by atoms with Gasteiger partial charge in [0.05, 0.1) is 16.8 Å². The molecule has 0 radical (unpaired) electrons. The fourth-order valence-corrected chi connectivity index (χ4v) is 3.33. The third-order valence-corrected chi connectivity index (χ3v) is 4.50. The monoisotopic (exact) mass is 307 g/mol. The highest BCUT2D eigenvalue weighted by Crippen LogP contribution is 2.27. The van der Waals surface area contributed by atoms with Gasteiger partial charge in [0.25, 0.3) is 0 Å². The first-order valence-electron chi connectivity index (χ1n) is 7.26. The number of hydrogen-bond acceptors (Lipinski definition) is 2. The number of piperazine rings is 1. The van der Waals surface area contributed by atoms with Crippen molar-refractivity contribution < 1.29 is 9.59 Å². The first kappa shape index (κ1) is 14.2. The summed E-state index contributed by atoms with van der Waals surface area (Å²) in [6, 6.07) is 7.01. The molecule has 112 valence electrons. The molecule has 2 fully saturated rings. The number of para-hydroxylation sites is 1. The molecular formula is C15H18ClN3O2. The van der Waals surface area contributed by atoms with Crippen molar-refractivity contribution in [1.29, 1.82) is 0 Å². The van der Waals surface area contributed by atoms with Gasteiger partial charge in [-0.25, -0.2) is 4.79 Å². The number of amides is 3. The van der Waals surface area contributed by atoms with Gasteiger partial charge in [-0.05, 0) is 25.0 Å². The molecule has 3 amide bonds. The van der Waals surface area contributed by atoms with Crippen molar-refractivity contribution in [1.82, 2.24) is 10.2 Å². The maximum Gasteiger partial charge on any atom is 0.322 e. The Morgan fingerprint density at radius 3 is 2.86 bits per heavy atom. The van der Waals surface area contributed by atoms with Gasteiger partial charge in [-0.1, -0.05) is 36.6 Å². The second-order valence-corrected chi connectivity index (χ2v) is 5.97. The Morgan fingerprint density at radius 2 is 2.05 bits per heavy atom. The van der Waals surface area contributed by atoms with Crippen LogP contribution < -0.4 is 10.6 Å². The molecule has 0 unspecified atom stereocenters. The molecule has 1 aliphatic carbocycles. The molecular weight excluding hydrogens is 290 g/mol. The minimum atomic E-state index is -0.255. The maximum atomic E-state index is 12.5. The van der Waals surface area contributed by atoms with E-state index in [0.29, 0.717) is 10.7 Å². The summed E-state index contributed by atoms with van der Waals surface area (Å²) < 4.78 is 0.